The van der Waals surface area contributed by atoms with E-state index in [2.05, 4.69) is 5.10 Å². The maximum absolute atomic E-state index is 11.7. The van der Waals surface area contributed by atoms with Gasteiger partial charge in [0, 0.05) is 22.8 Å². The zero-order valence-electron chi connectivity index (χ0n) is 10.2. The lowest BCUT2D eigenvalue weighted by Gasteiger charge is -2.12. The Labute approximate surface area is 110 Å². The predicted octanol–water partition coefficient (Wildman–Crippen LogP) is 2.21. The second kappa shape index (κ2) is 4.92. The second-order valence-corrected chi connectivity index (χ2v) is 4.65. The normalized spacial score (nSPS) is 12.4. The van der Waals surface area contributed by atoms with Gasteiger partial charge in [-0.2, -0.15) is 5.10 Å². The molecule has 1 unspecified atom stereocenters. The number of nitrogens with zero attached hydrogens (tertiary/aromatic N) is 2. The van der Waals surface area contributed by atoms with E-state index in [1.807, 2.05) is 19.1 Å². The van der Waals surface area contributed by atoms with Crippen LogP contribution in [0.1, 0.15) is 24.4 Å². The molecule has 0 spiro atoms. The quantitative estimate of drug-likeness (QED) is 0.904. The maximum Gasteiger partial charge on any atom is 0.205 e. The van der Waals surface area contributed by atoms with Gasteiger partial charge in [-0.1, -0.05) is 11.6 Å². The third-order valence-corrected chi connectivity index (χ3v) is 2.89. The highest BCUT2D eigenvalue weighted by Crippen LogP contribution is 2.14. The largest absolute Gasteiger partial charge is 0.323 e. The molecule has 0 aliphatic rings. The molecule has 0 aliphatic heterocycles. The van der Waals surface area contributed by atoms with Crippen LogP contribution in [0.15, 0.2) is 35.1 Å². The number of hydrogen-bond donors (Lipinski definition) is 1. The third-order valence-electron chi connectivity index (χ3n) is 2.64. The zero-order chi connectivity index (χ0) is 13.3. The van der Waals surface area contributed by atoms with Gasteiger partial charge in [0.05, 0.1) is 5.69 Å². The summed E-state index contributed by atoms with van der Waals surface area (Å²) in [6.07, 6.45) is 0. The number of aryl methyl sites for hydroxylation is 1. The number of nitrogens with two attached hydrogens (primary N) is 1. The van der Waals surface area contributed by atoms with Crippen molar-refractivity contribution in [1.29, 1.82) is 0 Å². The molecule has 1 aromatic heterocycles. The number of hydrogen-bond acceptors (Lipinski definition) is 3. The van der Waals surface area contributed by atoms with Crippen LogP contribution in [0.2, 0.25) is 5.02 Å². The van der Waals surface area contributed by atoms with Gasteiger partial charge in [0.2, 0.25) is 5.43 Å². The molecule has 0 aliphatic carbocycles. The highest BCUT2D eigenvalue weighted by atomic mass is 35.5. The van der Waals surface area contributed by atoms with E-state index in [1.54, 1.807) is 29.8 Å². The summed E-state index contributed by atoms with van der Waals surface area (Å²) in [6, 6.07) is 8.40. The second-order valence-electron chi connectivity index (χ2n) is 4.21. The molecule has 2 N–H and O–H groups in total. The summed E-state index contributed by atoms with van der Waals surface area (Å²) >= 11 is 5.85. The molecular weight excluding hydrogens is 250 g/mol. The SMILES string of the molecule is Cc1cc(=O)c(C(C)N)nn1-c1ccc(Cl)cc1. The molecular formula is C13H14ClN3O. The van der Waals surface area contributed by atoms with E-state index in [-0.39, 0.29) is 5.43 Å². The van der Waals surface area contributed by atoms with Gasteiger partial charge in [0.15, 0.2) is 0 Å². The van der Waals surface area contributed by atoms with E-state index >= 15 is 0 Å². The van der Waals surface area contributed by atoms with Gasteiger partial charge in [-0.05, 0) is 38.1 Å². The van der Waals surface area contributed by atoms with Gasteiger partial charge in [-0.25, -0.2) is 4.68 Å². The highest BCUT2D eigenvalue weighted by Gasteiger charge is 2.10. The van der Waals surface area contributed by atoms with Crippen LogP contribution >= 0.6 is 11.6 Å². The van der Waals surface area contributed by atoms with Crippen molar-refractivity contribution in [2.45, 2.75) is 19.9 Å². The molecule has 0 radical (unpaired) electrons. The lowest BCUT2D eigenvalue weighted by molar-refractivity contribution is 0.687. The average Bonchev–Trinajstić information content (AvgIpc) is 2.30. The topological polar surface area (TPSA) is 60.9 Å². The van der Waals surface area contributed by atoms with Crippen LogP contribution in [-0.2, 0) is 0 Å². The summed E-state index contributed by atoms with van der Waals surface area (Å²) in [5, 5.41) is 4.96. The highest BCUT2D eigenvalue weighted by molar-refractivity contribution is 6.30. The van der Waals surface area contributed by atoms with Crippen LogP contribution < -0.4 is 11.2 Å². The van der Waals surface area contributed by atoms with Crippen molar-refractivity contribution >= 4 is 11.6 Å². The van der Waals surface area contributed by atoms with Crippen molar-refractivity contribution in [3.8, 4) is 5.69 Å². The predicted molar refractivity (Wildman–Crippen MR) is 72.2 cm³/mol. The molecule has 1 aromatic carbocycles. The number of aromatic nitrogens is 2. The minimum absolute atomic E-state index is 0.132. The Kier molecular flexibility index (Phi) is 3.50. The molecule has 5 heteroatoms. The Balaban J connectivity index is 2.60. The summed E-state index contributed by atoms with van der Waals surface area (Å²) in [5.41, 5.74) is 7.57. The number of benzene rings is 1. The first-order chi connectivity index (χ1) is 8.49. The molecule has 0 saturated heterocycles. The summed E-state index contributed by atoms with van der Waals surface area (Å²) in [7, 11) is 0. The molecule has 0 saturated carbocycles. The molecule has 0 fully saturated rings. The molecule has 18 heavy (non-hydrogen) atoms. The van der Waals surface area contributed by atoms with Crippen molar-refractivity contribution < 1.29 is 0 Å². The van der Waals surface area contributed by atoms with Gasteiger partial charge >= 0.3 is 0 Å². The Hall–Kier alpha value is -1.65. The van der Waals surface area contributed by atoms with Crippen molar-refractivity contribution in [3.05, 3.63) is 57.0 Å². The van der Waals surface area contributed by atoms with Crippen molar-refractivity contribution in [2.75, 3.05) is 0 Å². The minimum Gasteiger partial charge on any atom is -0.323 e. The maximum atomic E-state index is 11.7. The summed E-state index contributed by atoms with van der Waals surface area (Å²) in [6.45, 7) is 3.57. The smallest absolute Gasteiger partial charge is 0.205 e. The van der Waals surface area contributed by atoms with E-state index in [1.165, 1.54) is 0 Å². The van der Waals surface area contributed by atoms with Gasteiger partial charge in [0.1, 0.15) is 5.69 Å². The lowest BCUT2D eigenvalue weighted by Crippen LogP contribution is -2.24. The number of rotatable bonds is 2. The average molecular weight is 264 g/mol. The molecule has 2 aromatic rings. The first-order valence-corrected chi connectivity index (χ1v) is 5.99. The van der Waals surface area contributed by atoms with Crippen molar-refractivity contribution in [3.63, 3.8) is 0 Å². The zero-order valence-corrected chi connectivity index (χ0v) is 11.0. The Morgan fingerprint density at radius 2 is 1.94 bits per heavy atom. The summed E-state index contributed by atoms with van der Waals surface area (Å²) < 4.78 is 1.69. The van der Waals surface area contributed by atoms with Crippen LogP contribution in [0.25, 0.3) is 5.69 Å². The third kappa shape index (κ3) is 2.44. The van der Waals surface area contributed by atoms with E-state index in [4.69, 9.17) is 17.3 Å². The van der Waals surface area contributed by atoms with E-state index < -0.39 is 6.04 Å². The van der Waals surface area contributed by atoms with Gasteiger partial charge in [0.25, 0.3) is 0 Å². The molecule has 0 amide bonds. The van der Waals surface area contributed by atoms with Crippen LogP contribution in [0.5, 0.6) is 0 Å². The molecule has 0 bridgehead atoms. The number of halogens is 1. The van der Waals surface area contributed by atoms with E-state index in [9.17, 15) is 4.79 Å². The summed E-state index contributed by atoms with van der Waals surface area (Å²) in [5.74, 6) is 0. The standard InChI is InChI=1S/C13H14ClN3O/c1-8-7-12(18)13(9(2)15)16-17(8)11-5-3-10(14)4-6-11/h3-7,9H,15H2,1-2H3. The first-order valence-electron chi connectivity index (χ1n) is 5.61. The van der Waals surface area contributed by atoms with Crippen LogP contribution in [0.4, 0.5) is 0 Å². The van der Waals surface area contributed by atoms with Crippen molar-refractivity contribution in [1.82, 2.24) is 9.78 Å². The van der Waals surface area contributed by atoms with Gasteiger partial charge in [-0.3, -0.25) is 4.79 Å². The molecule has 4 nitrogen and oxygen atoms in total. The van der Waals surface area contributed by atoms with Gasteiger partial charge in [-0.15, -0.1) is 0 Å². The van der Waals surface area contributed by atoms with E-state index in [0.29, 0.717) is 10.7 Å². The lowest BCUT2D eigenvalue weighted by atomic mass is 10.2. The van der Waals surface area contributed by atoms with Gasteiger partial charge < -0.3 is 5.73 Å². The Morgan fingerprint density at radius 1 is 1.33 bits per heavy atom. The fourth-order valence-electron chi connectivity index (χ4n) is 1.72. The van der Waals surface area contributed by atoms with E-state index in [0.717, 1.165) is 11.4 Å². The fraction of sp³-hybridized carbons (Fsp3) is 0.231. The Bertz CT molecular complexity index is 617. The molecule has 1 heterocycles. The van der Waals surface area contributed by atoms with Crippen LogP contribution in [-0.4, -0.2) is 9.78 Å². The van der Waals surface area contributed by atoms with Crippen molar-refractivity contribution in [2.24, 2.45) is 5.73 Å². The summed E-state index contributed by atoms with van der Waals surface area (Å²) in [4.78, 5) is 11.7. The van der Waals surface area contributed by atoms with Crippen LogP contribution in [0.3, 0.4) is 0 Å². The minimum atomic E-state index is -0.392. The molecule has 94 valence electrons. The Morgan fingerprint density at radius 3 is 2.50 bits per heavy atom. The molecule has 1 atom stereocenters. The first kappa shape index (κ1) is 12.8. The fourth-order valence-corrected chi connectivity index (χ4v) is 1.85. The van der Waals surface area contributed by atoms with Crippen LogP contribution in [0, 0.1) is 6.92 Å². The monoisotopic (exact) mass is 263 g/mol. The molecule has 2 rings (SSSR count).